The fraction of sp³-hybridized carbons (Fsp3) is 0.188. The number of nitrogens with one attached hydrogen (secondary N) is 1. The van der Waals surface area contributed by atoms with Crippen LogP contribution in [0.3, 0.4) is 0 Å². The zero-order valence-electron chi connectivity index (χ0n) is 11.0. The number of hydrogen-bond donors (Lipinski definition) is 1. The summed E-state index contributed by atoms with van der Waals surface area (Å²) >= 11 is 6.05. The van der Waals surface area contributed by atoms with E-state index in [-0.39, 0.29) is 5.91 Å². The smallest absolute Gasteiger partial charge is 0.265 e. The highest BCUT2D eigenvalue weighted by atomic mass is 35.5. The molecule has 1 aliphatic rings. The minimum atomic E-state index is -0.479. The number of para-hydroxylation sites is 1. The Hall–Kier alpha value is -2.00. The number of ether oxygens (including phenoxy) is 1. The van der Waals surface area contributed by atoms with Crippen molar-refractivity contribution in [3.63, 3.8) is 0 Å². The first kappa shape index (κ1) is 13.0. The van der Waals surface area contributed by atoms with Crippen molar-refractivity contribution in [3.05, 3.63) is 58.6 Å². The van der Waals surface area contributed by atoms with Gasteiger partial charge >= 0.3 is 0 Å². The molecule has 0 fully saturated rings. The SMILES string of the molecule is Cc1ccc(NC(=O)[C@H]2Cc3ccccc3O2)cc1Cl. The third-order valence-electron chi connectivity index (χ3n) is 3.38. The molecule has 0 radical (unpaired) electrons. The van der Waals surface area contributed by atoms with Crippen molar-refractivity contribution >= 4 is 23.2 Å². The van der Waals surface area contributed by atoms with Gasteiger partial charge < -0.3 is 10.1 Å². The van der Waals surface area contributed by atoms with Crippen molar-refractivity contribution in [1.82, 2.24) is 0 Å². The van der Waals surface area contributed by atoms with Gasteiger partial charge in [0.15, 0.2) is 6.10 Å². The van der Waals surface area contributed by atoms with Gasteiger partial charge in [-0.2, -0.15) is 0 Å². The predicted molar refractivity (Wildman–Crippen MR) is 79.4 cm³/mol. The number of carbonyl (C=O) groups is 1. The summed E-state index contributed by atoms with van der Waals surface area (Å²) in [5.74, 6) is 0.635. The van der Waals surface area contributed by atoms with E-state index in [4.69, 9.17) is 16.3 Å². The molecule has 20 heavy (non-hydrogen) atoms. The lowest BCUT2D eigenvalue weighted by atomic mass is 10.1. The fourth-order valence-corrected chi connectivity index (χ4v) is 2.40. The van der Waals surface area contributed by atoms with Gasteiger partial charge in [-0.05, 0) is 36.2 Å². The van der Waals surface area contributed by atoms with Crippen LogP contribution in [-0.4, -0.2) is 12.0 Å². The van der Waals surface area contributed by atoms with E-state index in [0.717, 1.165) is 16.9 Å². The molecule has 0 saturated carbocycles. The number of hydrogen-bond acceptors (Lipinski definition) is 2. The number of fused-ring (bicyclic) bond motifs is 1. The number of rotatable bonds is 2. The highest BCUT2D eigenvalue weighted by molar-refractivity contribution is 6.31. The second-order valence-corrected chi connectivity index (χ2v) is 5.28. The minimum absolute atomic E-state index is 0.152. The lowest BCUT2D eigenvalue weighted by molar-refractivity contribution is -0.122. The zero-order valence-corrected chi connectivity index (χ0v) is 11.8. The summed E-state index contributed by atoms with van der Waals surface area (Å²) in [5, 5.41) is 3.48. The Kier molecular flexibility index (Phi) is 3.36. The first-order chi connectivity index (χ1) is 9.63. The number of anilines is 1. The van der Waals surface area contributed by atoms with Crippen LogP contribution < -0.4 is 10.1 Å². The van der Waals surface area contributed by atoms with Crippen LogP contribution >= 0.6 is 11.6 Å². The van der Waals surface area contributed by atoms with E-state index in [9.17, 15) is 4.79 Å². The summed E-state index contributed by atoms with van der Waals surface area (Å²) in [6, 6.07) is 13.2. The van der Waals surface area contributed by atoms with Crippen LogP contribution in [0.15, 0.2) is 42.5 Å². The van der Waals surface area contributed by atoms with Gasteiger partial charge in [0.1, 0.15) is 5.75 Å². The highest BCUT2D eigenvalue weighted by Gasteiger charge is 2.28. The summed E-state index contributed by atoms with van der Waals surface area (Å²) in [7, 11) is 0. The second-order valence-electron chi connectivity index (χ2n) is 4.87. The van der Waals surface area contributed by atoms with Crippen molar-refractivity contribution < 1.29 is 9.53 Å². The molecule has 4 heteroatoms. The lowest BCUT2D eigenvalue weighted by Crippen LogP contribution is -2.31. The van der Waals surface area contributed by atoms with Gasteiger partial charge in [-0.25, -0.2) is 0 Å². The fourth-order valence-electron chi connectivity index (χ4n) is 2.22. The van der Waals surface area contributed by atoms with Gasteiger partial charge in [0, 0.05) is 17.1 Å². The molecular formula is C16H14ClNO2. The summed E-state index contributed by atoms with van der Waals surface area (Å²) in [6.07, 6.45) is 0.120. The molecule has 0 spiro atoms. The molecule has 1 amide bonds. The largest absolute Gasteiger partial charge is 0.480 e. The van der Waals surface area contributed by atoms with Gasteiger partial charge in [-0.3, -0.25) is 4.79 Å². The van der Waals surface area contributed by atoms with Gasteiger partial charge in [-0.15, -0.1) is 0 Å². The average molecular weight is 288 g/mol. The molecule has 1 aliphatic heterocycles. The second kappa shape index (κ2) is 5.17. The number of amides is 1. The third kappa shape index (κ3) is 2.49. The van der Waals surface area contributed by atoms with Gasteiger partial charge in [-0.1, -0.05) is 35.9 Å². The molecule has 2 aromatic rings. The van der Waals surface area contributed by atoms with E-state index in [1.54, 1.807) is 6.07 Å². The molecule has 102 valence electrons. The third-order valence-corrected chi connectivity index (χ3v) is 3.79. The van der Waals surface area contributed by atoms with E-state index in [1.807, 2.05) is 43.3 Å². The van der Waals surface area contributed by atoms with Crippen molar-refractivity contribution in [1.29, 1.82) is 0 Å². The van der Waals surface area contributed by atoms with Crippen LogP contribution in [-0.2, 0) is 11.2 Å². The van der Waals surface area contributed by atoms with Gasteiger partial charge in [0.05, 0.1) is 0 Å². The first-order valence-corrected chi connectivity index (χ1v) is 6.83. The van der Waals surface area contributed by atoms with Crippen LogP contribution in [0.1, 0.15) is 11.1 Å². The van der Waals surface area contributed by atoms with Crippen LogP contribution in [0, 0.1) is 6.92 Å². The molecule has 1 N–H and O–H groups in total. The van der Waals surface area contributed by atoms with E-state index < -0.39 is 6.10 Å². The van der Waals surface area contributed by atoms with E-state index in [2.05, 4.69) is 5.32 Å². The van der Waals surface area contributed by atoms with E-state index >= 15 is 0 Å². The Morgan fingerprint density at radius 1 is 1.30 bits per heavy atom. The lowest BCUT2D eigenvalue weighted by Gasteiger charge is -2.12. The highest BCUT2D eigenvalue weighted by Crippen LogP contribution is 2.29. The molecule has 3 rings (SSSR count). The van der Waals surface area contributed by atoms with Crippen LogP contribution in [0.4, 0.5) is 5.69 Å². The first-order valence-electron chi connectivity index (χ1n) is 6.45. The van der Waals surface area contributed by atoms with Crippen molar-refractivity contribution in [2.45, 2.75) is 19.4 Å². The average Bonchev–Trinajstić information content (AvgIpc) is 2.87. The van der Waals surface area contributed by atoms with Crippen LogP contribution in [0.25, 0.3) is 0 Å². The standard InChI is InChI=1S/C16H14ClNO2/c1-10-6-7-12(9-13(10)17)18-16(19)15-8-11-4-2-3-5-14(11)20-15/h2-7,9,15H,8H2,1H3,(H,18,19)/t15-/m1/s1. The Morgan fingerprint density at radius 3 is 2.85 bits per heavy atom. The molecule has 0 aromatic heterocycles. The number of benzene rings is 2. The summed E-state index contributed by atoms with van der Waals surface area (Å²) in [6.45, 7) is 1.92. The molecule has 1 atom stereocenters. The van der Waals surface area contributed by atoms with Crippen LogP contribution in [0.5, 0.6) is 5.75 Å². The maximum absolute atomic E-state index is 12.2. The van der Waals surface area contributed by atoms with Gasteiger partial charge in [0.2, 0.25) is 0 Å². The van der Waals surface area contributed by atoms with Crippen LogP contribution in [0.2, 0.25) is 5.02 Å². The summed E-state index contributed by atoms with van der Waals surface area (Å²) in [5.41, 5.74) is 2.73. The number of carbonyl (C=O) groups excluding carboxylic acids is 1. The molecule has 3 nitrogen and oxygen atoms in total. The molecule has 2 aromatic carbocycles. The molecular weight excluding hydrogens is 274 g/mol. The van der Waals surface area contributed by atoms with Crippen molar-refractivity contribution in [3.8, 4) is 5.75 Å². The van der Waals surface area contributed by atoms with Crippen molar-refractivity contribution in [2.75, 3.05) is 5.32 Å². The maximum Gasteiger partial charge on any atom is 0.265 e. The Morgan fingerprint density at radius 2 is 2.10 bits per heavy atom. The van der Waals surface area contributed by atoms with E-state index in [1.165, 1.54) is 0 Å². The number of aryl methyl sites for hydroxylation is 1. The topological polar surface area (TPSA) is 38.3 Å². The molecule has 1 heterocycles. The number of halogens is 1. The molecule has 0 aliphatic carbocycles. The Balaban J connectivity index is 1.71. The predicted octanol–water partition coefficient (Wildman–Crippen LogP) is 3.59. The normalized spacial score (nSPS) is 16.4. The minimum Gasteiger partial charge on any atom is -0.480 e. The Bertz CT molecular complexity index is 644. The summed E-state index contributed by atoms with van der Waals surface area (Å²) in [4.78, 5) is 12.2. The zero-order chi connectivity index (χ0) is 14.1. The molecule has 0 saturated heterocycles. The van der Waals surface area contributed by atoms with E-state index in [0.29, 0.717) is 17.1 Å². The molecule has 0 unspecified atom stereocenters. The Labute approximate surface area is 122 Å². The molecule has 0 bridgehead atoms. The van der Waals surface area contributed by atoms with Gasteiger partial charge in [0.25, 0.3) is 5.91 Å². The quantitative estimate of drug-likeness (QED) is 0.917. The van der Waals surface area contributed by atoms with Crippen molar-refractivity contribution in [2.24, 2.45) is 0 Å². The monoisotopic (exact) mass is 287 g/mol. The maximum atomic E-state index is 12.2. The summed E-state index contributed by atoms with van der Waals surface area (Å²) < 4.78 is 5.65.